The molecule has 1 aromatic carbocycles. The van der Waals surface area contributed by atoms with Crippen LogP contribution in [-0.2, 0) is 6.54 Å². The van der Waals surface area contributed by atoms with Gasteiger partial charge in [-0.1, -0.05) is 12.1 Å². The fourth-order valence-electron chi connectivity index (χ4n) is 3.03. The van der Waals surface area contributed by atoms with Gasteiger partial charge in [0.25, 0.3) is 0 Å². The molecule has 0 atom stereocenters. The Balaban J connectivity index is 1.93. The van der Waals surface area contributed by atoms with Crippen LogP contribution in [-0.4, -0.2) is 25.1 Å². The number of aryl methyl sites for hydroxylation is 2. The van der Waals surface area contributed by atoms with Gasteiger partial charge in [-0.25, -0.2) is 0 Å². The van der Waals surface area contributed by atoms with Crippen LogP contribution in [0, 0.1) is 30.9 Å². The second kappa shape index (κ2) is 6.87. The zero-order chi connectivity index (χ0) is 19.0. The highest BCUT2D eigenvalue weighted by Gasteiger charge is 2.22. The molecule has 0 aliphatic rings. The van der Waals surface area contributed by atoms with Crippen LogP contribution in [0.4, 0.5) is 5.82 Å². The summed E-state index contributed by atoms with van der Waals surface area (Å²) in [6, 6.07) is 9.89. The average Bonchev–Trinajstić information content (AvgIpc) is 3.07. The van der Waals surface area contributed by atoms with Gasteiger partial charge in [0.1, 0.15) is 11.0 Å². The second-order valence-electron chi connectivity index (χ2n) is 6.14. The van der Waals surface area contributed by atoms with Crippen molar-refractivity contribution in [3.63, 3.8) is 0 Å². The van der Waals surface area contributed by atoms with E-state index in [0.717, 1.165) is 22.6 Å². The summed E-state index contributed by atoms with van der Waals surface area (Å²) < 4.78 is 3.56. The lowest BCUT2D eigenvalue weighted by Crippen LogP contribution is -2.12. The molecule has 8 heteroatoms. The third-order valence-electron chi connectivity index (χ3n) is 4.17. The maximum Gasteiger partial charge on any atom is 0.404 e. The fourth-order valence-corrected chi connectivity index (χ4v) is 3.49. The van der Waals surface area contributed by atoms with Crippen LogP contribution < -0.4 is 0 Å². The Labute approximate surface area is 158 Å². The second-order valence-corrected chi connectivity index (χ2v) is 6.99. The van der Waals surface area contributed by atoms with Crippen LogP contribution in [0.15, 0.2) is 41.0 Å². The molecule has 2 heterocycles. The predicted octanol–water partition coefficient (Wildman–Crippen LogP) is 4.15. The maximum atomic E-state index is 12.7. The monoisotopic (exact) mass is 416 g/mol. The van der Waals surface area contributed by atoms with Gasteiger partial charge in [0, 0.05) is 22.6 Å². The Morgan fingerprint density at radius 2 is 2.00 bits per heavy atom. The quantitative estimate of drug-likeness (QED) is 0.355. The van der Waals surface area contributed by atoms with Crippen LogP contribution in [0.25, 0.3) is 5.69 Å². The number of carbonyl (C=O) groups excluding carboxylic acids is 1. The highest BCUT2D eigenvalue weighted by Crippen LogP contribution is 2.24. The third kappa shape index (κ3) is 3.32. The normalized spacial score (nSPS) is 10.9. The number of nitrogens with zero attached hydrogens (tertiary/aromatic N) is 4. The summed E-state index contributed by atoms with van der Waals surface area (Å²) in [4.78, 5) is 23.0. The van der Waals surface area contributed by atoms with E-state index in [2.05, 4.69) is 27.1 Å². The van der Waals surface area contributed by atoms with Crippen LogP contribution >= 0.6 is 15.9 Å². The SMILES string of the molecule is Cc1cccc(-n2c(C)cc(C(=O)Cn3cc(Br)c([N+](=O)[O-])n3)c2C)c1. The van der Waals surface area contributed by atoms with E-state index < -0.39 is 4.92 Å². The van der Waals surface area contributed by atoms with E-state index in [4.69, 9.17) is 0 Å². The van der Waals surface area contributed by atoms with Crippen molar-refractivity contribution in [3.05, 3.63) is 73.6 Å². The van der Waals surface area contributed by atoms with Crippen molar-refractivity contribution in [1.82, 2.24) is 14.3 Å². The summed E-state index contributed by atoms with van der Waals surface area (Å²) in [6.07, 6.45) is 1.44. The van der Waals surface area contributed by atoms with E-state index in [9.17, 15) is 14.9 Å². The van der Waals surface area contributed by atoms with Crippen LogP contribution in [0.3, 0.4) is 0 Å². The van der Waals surface area contributed by atoms with Gasteiger partial charge in [0.05, 0.1) is 11.3 Å². The molecule has 0 saturated carbocycles. The van der Waals surface area contributed by atoms with Crippen molar-refractivity contribution >= 4 is 27.5 Å². The Kier molecular flexibility index (Phi) is 4.78. The Bertz CT molecular complexity index is 1020. The highest BCUT2D eigenvalue weighted by molar-refractivity contribution is 9.10. The van der Waals surface area contributed by atoms with Gasteiger partial charge in [-0.05, 0) is 65.4 Å². The van der Waals surface area contributed by atoms with Gasteiger partial charge in [0.2, 0.25) is 0 Å². The lowest BCUT2D eigenvalue weighted by molar-refractivity contribution is -0.390. The number of nitro groups is 1. The van der Waals surface area contributed by atoms with Crippen molar-refractivity contribution in [3.8, 4) is 5.69 Å². The summed E-state index contributed by atoms with van der Waals surface area (Å²) in [5, 5.41) is 14.7. The summed E-state index contributed by atoms with van der Waals surface area (Å²) in [5.74, 6) is -0.454. The van der Waals surface area contributed by atoms with Crippen molar-refractivity contribution < 1.29 is 9.72 Å². The summed E-state index contributed by atoms with van der Waals surface area (Å²) in [6.45, 7) is 5.79. The largest absolute Gasteiger partial charge is 0.404 e. The molecular formula is C18H17BrN4O3. The maximum absolute atomic E-state index is 12.7. The minimum absolute atomic E-state index is 0.0649. The fraction of sp³-hybridized carbons (Fsp3) is 0.222. The van der Waals surface area contributed by atoms with E-state index in [1.54, 1.807) is 0 Å². The van der Waals surface area contributed by atoms with E-state index >= 15 is 0 Å². The first kappa shape index (κ1) is 18.1. The van der Waals surface area contributed by atoms with E-state index in [1.807, 2.05) is 49.6 Å². The number of halogens is 1. The van der Waals surface area contributed by atoms with Crippen molar-refractivity contribution in [1.29, 1.82) is 0 Å². The topological polar surface area (TPSA) is 83.0 Å². The Morgan fingerprint density at radius 1 is 1.27 bits per heavy atom. The van der Waals surface area contributed by atoms with Gasteiger partial charge in [-0.3, -0.25) is 4.79 Å². The molecule has 0 radical (unpaired) electrons. The molecule has 2 aromatic heterocycles. The minimum Gasteiger partial charge on any atom is -0.358 e. The number of benzene rings is 1. The van der Waals surface area contributed by atoms with Gasteiger partial charge in [-0.15, -0.1) is 0 Å². The van der Waals surface area contributed by atoms with E-state index in [0.29, 0.717) is 5.56 Å². The van der Waals surface area contributed by atoms with Gasteiger partial charge >= 0.3 is 5.82 Å². The number of hydrogen-bond donors (Lipinski definition) is 0. The van der Waals surface area contributed by atoms with Crippen LogP contribution in [0.2, 0.25) is 0 Å². The molecule has 0 N–H and O–H groups in total. The molecule has 0 amide bonds. The van der Waals surface area contributed by atoms with E-state index in [-0.39, 0.29) is 22.6 Å². The highest BCUT2D eigenvalue weighted by atomic mass is 79.9. The zero-order valence-corrected chi connectivity index (χ0v) is 16.1. The number of carbonyl (C=O) groups is 1. The average molecular weight is 417 g/mol. The molecule has 3 aromatic rings. The van der Waals surface area contributed by atoms with Gasteiger partial charge in [0.15, 0.2) is 5.78 Å². The minimum atomic E-state index is -0.589. The van der Waals surface area contributed by atoms with Crippen molar-refractivity contribution in [2.45, 2.75) is 27.3 Å². The number of aromatic nitrogens is 3. The molecule has 134 valence electrons. The first-order chi connectivity index (χ1) is 12.3. The zero-order valence-electron chi connectivity index (χ0n) is 14.6. The van der Waals surface area contributed by atoms with Crippen LogP contribution in [0.5, 0.6) is 0 Å². The molecule has 0 bridgehead atoms. The molecule has 3 rings (SSSR count). The van der Waals surface area contributed by atoms with Gasteiger partial charge in [-0.2, -0.15) is 4.68 Å². The Morgan fingerprint density at radius 3 is 2.62 bits per heavy atom. The first-order valence-corrected chi connectivity index (χ1v) is 8.73. The lowest BCUT2D eigenvalue weighted by Gasteiger charge is -2.10. The Hall–Kier alpha value is -2.74. The molecule has 0 unspecified atom stereocenters. The molecule has 0 fully saturated rings. The van der Waals surface area contributed by atoms with Gasteiger partial charge < -0.3 is 14.7 Å². The smallest absolute Gasteiger partial charge is 0.358 e. The predicted molar refractivity (Wildman–Crippen MR) is 101 cm³/mol. The van der Waals surface area contributed by atoms with Crippen molar-refractivity contribution in [2.75, 3.05) is 0 Å². The number of ketones is 1. The standard InChI is InChI=1S/C18H17BrN4O3/c1-11-5-4-6-14(7-11)22-12(2)8-15(13(22)3)17(24)10-21-9-16(19)18(20-21)23(25)26/h4-9H,10H2,1-3H3. The molecule has 0 spiro atoms. The summed E-state index contributed by atoms with van der Waals surface area (Å²) in [7, 11) is 0. The number of Topliss-reactive ketones (excluding diaryl/α,β-unsaturated/α-hetero) is 1. The molecule has 0 aliphatic heterocycles. The third-order valence-corrected chi connectivity index (χ3v) is 4.73. The number of hydrogen-bond acceptors (Lipinski definition) is 4. The summed E-state index contributed by atoms with van der Waals surface area (Å²) in [5.41, 5.74) is 4.49. The number of rotatable bonds is 5. The molecule has 26 heavy (non-hydrogen) atoms. The summed E-state index contributed by atoms with van der Waals surface area (Å²) >= 11 is 3.09. The van der Waals surface area contributed by atoms with E-state index in [1.165, 1.54) is 10.9 Å². The molecule has 0 saturated heterocycles. The molecule has 0 aliphatic carbocycles. The molecular weight excluding hydrogens is 400 g/mol. The van der Waals surface area contributed by atoms with Crippen molar-refractivity contribution in [2.24, 2.45) is 0 Å². The molecule has 7 nitrogen and oxygen atoms in total. The van der Waals surface area contributed by atoms with Crippen LogP contribution in [0.1, 0.15) is 27.3 Å². The lowest BCUT2D eigenvalue weighted by atomic mass is 10.1. The first-order valence-electron chi connectivity index (χ1n) is 7.94.